The molecule has 150 valence electrons. The molecule has 0 unspecified atom stereocenters. The van der Waals surface area contributed by atoms with Gasteiger partial charge in [0.1, 0.15) is 5.82 Å². The number of nitrogens with zero attached hydrogens (tertiary/aromatic N) is 5. The highest BCUT2D eigenvalue weighted by Gasteiger charge is 2.20. The summed E-state index contributed by atoms with van der Waals surface area (Å²) in [7, 11) is 1.78. The van der Waals surface area contributed by atoms with E-state index in [1.807, 2.05) is 24.4 Å². The zero-order chi connectivity index (χ0) is 18.9. The molecular weight excluding hydrogens is 469 g/mol. The van der Waals surface area contributed by atoms with Crippen LogP contribution < -0.4 is 15.5 Å². The quantitative estimate of drug-likeness (QED) is 0.281. The second kappa shape index (κ2) is 11.4. The SMILES string of the molecule is CN=C(NCCNC(=O)c1cccnc1)N1CCN(c2ccccn2)CC1.I. The second-order valence-corrected chi connectivity index (χ2v) is 6.13. The molecule has 2 N–H and O–H groups in total. The predicted molar refractivity (Wildman–Crippen MR) is 121 cm³/mol. The third-order valence-corrected chi connectivity index (χ3v) is 4.38. The Bertz CT molecular complexity index is 749. The lowest BCUT2D eigenvalue weighted by Crippen LogP contribution is -2.53. The molecular formula is C19H26IN7O. The van der Waals surface area contributed by atoms with Gasteiger partial charge in [0.25, 0.3) is 5.91 Å². The van der Waals surface area contributed by atoms with Crippen molar-refractivity contribution in [2.24, 2.45) is 4.99 Å². The molecule has 0 radical (unpaired) electrons. The van der Waals surface area contributed by atoms with Gasteiger partial charge < -0.3 is 20.4 Å². The minimum absolute atomic E-state index is 0. The molecule has 28 heavy (non-hydrogen) atoms. The zero-order valence-corrected chi connectivity index (χ0v) is 18.2. The fourth-order valence-corrected chi connectivity index (χ4v) is 2.97. The maximum atomic E-state index is 12.0. The first-order valence-corrected chi connectivity index (χ1v) is 9.08. The van der Waals surface area contributed by atoms with E-state index in [1.54, 1.807) is 31.6 Å². The van der Waals surface area contributed by atoms with Gasteiger partial charge in [0.2, 0.25) is 0 Å². The first-order chi connectivity index (χ1) is 13.3. The molecule has 0 aromatic carbocycles. The maximum absolute atomic E-state index is 12.0. The van der Waals surface area contributed by atoms with Gasteiger partial charge in [-0.05, 0) is 24.3 Å². The van der Waals surface area contributed by atoms with Crippen molar-refractivity contribution in [1.29, 1.82) is 0 Å². The molecule has 9 heteroatoms. The van der Waals surface area contributed by atoms with Crippen LogP contribution in [0.2, 0.25) is 0 Å². The summed E-state index contributed by atoms with van der Waals surface area (Å²) in [4.78, 5) is 29.2. The van der Waals surface area contributed by atoms with Crippen LogP contribution >= 0.6 is 24.0 Å². The fraction of sp³-hybridized carbons (Fsp3) is 0.368. The van der Waals surface area contributed by atoms with Crippen LogP contribution in [0.15, 0.2) is 53.9 Å². The number of pyridine rings is 2. The van der Waals surface area contributed by atoms with Crippen LogP contribution in [0.4, 0.5) is 5.82 Å². The minimum atomic E-state index is -0.121. The molecule has 1 amide bonds. The smallest absolute Gasteiger partial charge is 0.252 e. The van der Waals surface area contributed by atoms with Crippen molar-refractivity contribution in [3.63, 3.8) is 0 Å². The van der Waals surface area contributed by atoms with E-state index < -0.39 is 0 Å². The number of halogens is 1. The Balaban J connectivity index is 0.00000280. The van der Waals surface area contributed by atoms with E-state index in [1.165, 1.54) is 0 Å². The van der Waals surface area contributed by atoms with E-state index in [4.69, 9.17) is 0 Å². The Morgan fingerprint density at radius 1 is 1.07 bits per heavy atom. The number of amides is 1. The van der Waals surface area contributed by atoms with Crippen LogP contribution in [0.1, 0.15) is 10.4 Å². The van der Waals surface area contributed by atoms with Gasteiger partial charge in [-0.3, -0.25) is 14.8 Å². The average molecular weight is 495 g/mol. The number of aromatic nitrogens is 2. The minimum Gasteiger partial charge on any atom is -0.354 e. The van der Waals surface area contributed by atoms with Crippen LogP contribution in [0.5, 0.6) is 0 Å². The first kappa shape index (κ1) is 21.9. The van der Waals surface area contributed by atoms with E-state index in [-0.39, 0.29) is 29.9 Å². The number of piperazine rings is 1. The molecule has 1 fully saturated rings. The molecule has 2 aromatic rings. The number of hydrogen-bond donors (Lipinski definition) is 2. The number of aliphatic imine (C=N–C) groups is 1. The average Bonchev–Trinajstić information content (AvgIpc) is 2.75. The van der Waals surface area contributed by atoms with Gasteiger partial charge >= 0.3 is 0 Å². The van der Waals surface area contributed by atoms with Gasteiger partial charge in [-0.1, -0.05) is 6.07 Å². The molecule has 3 rings (SSSR count). The fourth-order valence-electron chi connectivity index (χ4n) is 2.97. The van der Waals surface area contributed by atoms with Gasteiger partial charge in [-0.15, -0.1) is 24.0 Å². The van der Waals surface area contributed by atoms with Crippen molar-refractivity contribution >= 4 is 41.7 Å². The van der Waals surface area contributed by atoms with Crippen molar-refractivity contribution in [3.8, 4) is 0 Å². The van der Waals surface area contributed by atoms with Gasteiger partial charge in [0, 0.05) is 64.9 Å². The van der Waals surface area contributed by atoms with E-state index in [0.717, 1.165) is 38.0 Å². The van der Waals surface area contributed by atoms with Crippen LogP contribution in [0.3, 0.4) is 0 Å². The van der Waals surface area contributed by atoms with Crippen molar-refractivity contribution < 1.29 is 4.79 Å². The monoisotopic (exact) mass is 495 g/mol. The molecule has 2 aromatic heterocycles. The molecule has 1 aliphatic heterocycles. The molecule has 0 saturated carbocycles. The van der Waals surface area contributed by atoms with Crippen LogP contribution in [-0.4, -0.2) is 73.1 Å². The summed E-state index contributed by atoms with van der Waals surface area (Å²) in [6.07, 6.45) is 5.03. The van der Waals surface area contributed by atoms with Crippen molar-refractivity contribution in [2.45, 2.75) is 0 Å². The summed E-state index contributed by atoms with van der Waals surface area (Å²) in [5.41, 5.74) is 0.563. The normalized spacial score (nSPS) is 14.2. The predicted octanol–water partition coefficient (Wildman–Crippen LogP) is 1.22. The molecule has 0 bridgehead atoms. The molecule has 8 nitrogen and oxygen atoms in total. The number of rotatable bonds is 5. The highest BCUT2D eigenvalue weighted by atomic mass is 127. The third kappa shape index (κ3) is 6.04. The lowest BCUT2D eigenvalue weighted by Gasteiger charge is -2.37. The first-order valence-electron chi connectivity index (χ1n) is 9.08. The lowest BCUT2D eigenvalue weighted by atomic mass is 10.3. The van der Waals surface area contributed by atoms with Crippen LogP contribution in [-0.2, 0) is 0 Å². The summed E-state index contributed by atoms with van der Waals surface area (Å²) >= 11 is 0. The molecule has 1 saturated heterocycles. The maximum Gasteiger partial charge on any atom is 0.252 e. The summed E-state index contributed by atoms with van der Waals surface area (Å²) in [5.74, 6) is 1.74. The van der Waals surface area contributed by atoms with Gasteiger partial charge in [-0.25, -0.2) is 4.98 Å². The number of carbonyl (C=O) groups is 1. The molecule has 1 aliphatic rings. The largest absolute Gasteiger partial charge is 0.354 e. The van der Waals surface area contributed by atoms with Gasteiger partial charge in [-0.2, -0.15) is 0 Å². The van der Waals surface area contributed by atoms with E-state index in [0.29, 0.717) is 18.7 Å². The highest BCUT2D eigenvalue weighted by molar-refractivity contribution is 14.0. The summed E-state index contributed by atoms with van der Waals surface area (Å²) in [5, 5.41) is 6.19. The summed E-state index contributed by atoms with van der Waals surface area (Å²) in [6.45, 7) is 4.67. The van der Waals surface area contributed by atoms with E-state index in [2.05, 4.69) is 35.4 Å². The standard InChI is InChI=1S/C19H25N7O.HI/c1-20-19(24-10-9-23-18(27)16-5-4-7-21-15-16)26-13-11-25(12-14-26)17-6-2-3-8-22-17;/h2-8,15H,9-14H2,1H3,(H,20,24)(H,23,27);1H. The molecule has 0 aliphatic carbocycles. The molecule has 3 heterocycles. The van der Waals surface area contributed by atoms with Crippen molar-refractivity contribution in [2.75, 3.05) is 51.2 Å². The number of carbonyl (C=O) groups excluding carboxylic acids is 1. The Kier molecular flexibility index (Phi) is 8.92. The second-order valence-electron chi connectivity index (χ2n) is 6.13. The Labute approximate surface area is 182 Å². The van der Waals surface area contributed by atoms with E-state index in [9.17, 15) is 4.79 Å². The third-order valence-electron chi connectivity index (χ3n) is 4.38. The highest BCUT2D eigenvalue weighted by Crippen LogP contribution is 2.12. The van der Waals surface area contributed by atoms with Crippen LogP contribution in [0, 0.1) is 0 Å². The Morgan fingerprint density at radius 3 is 2.50 bits per heavy atom. The van der Waals surface area contributed by atoms with Gasteiger partial charge in [0.15, 0.2) is 5.96 Å². The zero-order valence-electron chi connectivity index (χ0n) is 15.9. The van der Waals surface area contributed by atoms with Crippen molar-refractivity contribution in [1.82, 2.24) is 25.5 Å². The number of anilines is 1. The Hall–Kier alpha value is -2.43. The topological polar surface area (TPSA) is 85.7 Å². The number of nitrogens with one attached hydrogen (secondary N) is 2. The Morgan fingerprint density at radius 2 is 1.86 bits per heavy atom. The number of guanidine groups is 1. The molecule has 0 atom stereocenters. The van der Waals surface area contributed by atoms with Crippen molar-refractivity contribution in [3.05, 3.63) is 54.5 Å². The van der Waals surface area contributed by atoms with Gasteiger partial charge in [0.05, 0.1) is 5.56 Å². The van der Waals surface area contributed by atoms with Crippen LogP contribution in [0.25, 0.3) is 0 Å². The molecule has 0 spiro atoms. The number of hydrogen-bond acceptors (Lipinski definition) is 5. The summed E-state index contributed by atoms with van der Waals surface area (Å²) < 4.78 is 0. The lowest BCUT2D eigenvalue weighted by molar-refractivity contribution is 0.0954. The summed E-state index contributed by atoms with van der Waals surface area (Å²) in [6, 6.07) is 9.47. The van der Waals surface area contributed by atoms with E-state index >= 15 is 0 Å².